The predicted octanol–water partition coefficient (Wildman–Crippen LogP) is 3.80. The molecule has 0 spiro atoms. The van der Waals surface area contributed by atoms with Crippen LogP contribution in [0, 0.1) is 0 Å². The fourth-order valence-corrected chi connectivity index (χ4v) is 2.31. The van der Waals surface area contributed by atoms with Gasteiger partial charge in [0.1, 0.15) is 17.5 Å². The molecule has 20 heavy (non-hydrogen) atoms. The molecule has 1 aliphatic rings. The molecule has 1 heterocycles. The van der Waals surface area contributed by atoms with E-state index < -0.39 is 0 Å². The number of unbranched alkanes of at least 4 members (excludes halogenated alkanes) is 2. The number of hydrogen-bond donors (Lipinski definition) is 1. The summed E-state index contributed by atoms with van der Waals surface area (Å²) in [5, 5.41) is 3.18. The van der Waals surface area contributed by atoms with Gasteiger partial charge in [0.15, 0.2) is 0 Å². The molecule has 0 bridgehead atoms. The molecule has 1 N–H and O–H groups in total. The topological polar surface area (TPSA) is 41.0 Å². The molecule has 1 fully saturated rings. The zero-order valence-electron chi connectivity index (χ0n) is 13.2. The van der Waals surface area contributed by atoms with Crippen LogP contribution in [0.25, 0.3) is 0 Å². The lowest BCUT2D eigenvalue weighted by Gasteiger charge is -2.24. The van der Waals surface area contributed by atoms with Gasteiger partial charge in [-0.3, -0.25) is 0 Å². The van der Waals surface area contributed by atoms with E-state index in [4.69, 9.17) is 4.98 Å². The summed E-state index contributed by atoms with van der Waals surface area (Å²) in [6.45, 7) is 6.68. The number of nitrogens with zero attached hydrogens (tertiary/aromatic N) is 3. The van der Waals surface area contributed by atoms with Crippen molar-refractivity contribution in [3.63, 3.8) is 0 Å². The van der Waals surface area contributed by atoms with Crippen molar-refractivity contribution in [1.29, 1.82) is 0 Å². The van der Waals surface area contributed by atoms with Gasteiger partial charge in [0.2, 0.25) is 0 Å². The van der Waals surface area contributed by atoms with Crippen LogP contribution in [0.1, 0.15) is 64.1 Å². The minimum Gasteiger partial charge on any atom is -0.373 e. The van der Waals surface area contributed by atoms with Crippen LogP contribution < -0.4 is 10.2 Å². The summed E-state index contributed by atoms with van der Waals surface area (Å²) in [5.41, 5.74) is 0. The van der Waals surface area contributed by atoms with Crippen molar-refractivity contribution < 1.29 is 0 Å². The number of nitrogens with one attached hydrogen (secondary N) is 1. The number of hydrogen-bond acceptors (Lipinski definition) is 4. The van der Waals surface area contributed by atoms with E-state index in [0.29, 0.717) is 5.92 Å². The quantitative estimate of drug-likeness (QED) is 0.745. The fourth-order valence-electron chi connectivity index (χ4n) is 2.31. The molecule has 4 heteroatoms. The van der Waals surface area contributed by atoms with Crippen molar-refractivity contribution in [2.75, 3.05) is 30.4 Å². The van der Waals surface area contributed by atoms with E-state index in [-0.39, 0.29) is 0 Å². The Kier molecular flexibility index (Phi) is 5.62. The normalized spacial score (nSPS) is 14.3. The second-order valence-corrected chi connectivity index (χ2v) is 5.69. The average Bonchev–Trinajstić information content (AvgIpc) is 3.31. The molecule has 0 radical (unpaired) electrons. The maximum Gasteiger partial charge on any atom is 0.136 e. The molecular weight excluding hydrogens is 248 g/mol. The van der Waals surface area contributed by atoms with E-state index in [2.05, 4.69) is 35.1 Å². The van der Waals surface area contributed by atoms with Gasteiger partial charge in [-0.1, -0.05) is 26.7 Å². The van der Waals surface area contributed by atoms with E-state index in [1.54, 1.807) is 0 Å². The van der Waals surface area contributed by atoms with Crippen molar-refractivity contribution in [1.82, 2.24) is 9.97 Å². The third-order valence-corrected chi connectivity index (χ3v) is 3.82. The monoisotopic (exact) mass is 276 g/mol. The van der Waals surface area contributed by atoms with Gasteiger partial charge in [0.25, 0.3) is 0 Å². The van der Waals surface area contributed by atoms with Gasteiger partial charge in [-0.15, -0.1) is 0 Å². The molecule has 2 rings (SSSR count). The minimum absolute atomic E-state index is 0.598. The van der Waals surface area contributed by atoms with Crippen LogP contribution in [0.3, 0.4) is 0 Å². The first kappa shape index (κ1) is 15.1. The molecule has 0 atom stereocenters. The lowest BCUT2D eigenvalue weighted by Crippen LogP contribution is -2.27. The molecule has 112 valence electrons. The van der Waals surface area contributed by atoms with Crippen molar-refractivity contribution in [2.24, 2.45) is 0 Å². The summed E-state index contributed by atoms with van der Waals surface area (Å²) >= 11 is 0. The van der Waals surface area contributed by atoms with Gasteiger partial charge >= 0.3 is 0 Å². The molecular formula is C16H28N4. The Bertz CT molecular complexity index is 407. The van der Waals surface area contributed by atoms with Crippen LogP contribution in [0.2, 0.25) is 0 Å². The second-order valence-electron chi connectivity index (χ2n) is 5.69. The lowest BCUT2D eigenvalue weighted by atomic mass is 10.2. The molecule has 0 aromatic carbocycles. The Balaban J connectivity index is 2.18. The van der Waals surface area contributed by atoms with Crippen LogP contribution in [0.4, 0.5) is 11.6 Å². The van der Waals surface area contributed by atoms with E-state index in [9.17, 15) is 0 Å². The lowest BCUT2D eigenvalue weighted by molar-refractivity contribution is 0.668. The smallest absolute Gasteiger partial charge is 0.136 e. The van der Waals surface area contributed by atoms with Crippen molar-refractivity contribution in [3.8, 4) is 0 Å². The van der Waals surface area contributed by atoms with Crippen LogP contribution in [0.5, 0.6) is 0 Å². The Labute approximate surface area is 123 Å². The van der Waals surface area contributed by atoms with Crippen LogP contribution >= 0.6 is 0 Å². The van der Waals surface area contributed by atoms with E-state index in [1.165, 1.54) is 38.5 Å². The highest BCUT2D eigenvalue weighted by Gasteiger charge is 2.27. The molecule has 1 aromatic heterocycles. The molecule has 0 unspecified atom stereocenters. The Morgan fingerprint density at radius 2 is 1.80 bits per heavy atom. The highest BCUT2D eigenvalue weighted by Crippen LogP contribution is 2.39. The predicted molar refractivity (Wildman–Crippen MR) is 85.6 cm³/mol. The minimum atomic E-state index is 0.598. The summed E-state index contributed by atoms with van der Waals surface area (Å²) in [5.74, 6) is 3.69. The van der Waals surface area contributed by atoms with Crippen LogP contribution in [-0.2, 0) is 0 Å². The SMILES string of the molecule is CCCCN(CCCC)c1cc(NC)nc(C2CC2)n1. The van der Waals surface area contributed by atoms with Gasteiger partial charge in [0, 0.05) is 32.1 Å². The first-order valence-electron chi connectivity index (χ1n) is 8.10. The number of anilines is 2. The zero-order chi connectivity index (χ0) is 14.4. The molecule has 0 amide bonds. The maximum absolute atomic E-state index is 4.82. The van der Waals surface area contributed by atoms with E-state index in [1.807, 2.05) is 7.05 Å². The van der Waals surface area contributed by atoms with Gasteiger partial charge < -0.3 is 10.2 Å². The molecule has 1 aliphatic carbocycles. The molecule has 1 saturated carbocycles. The van der Waals surface area contributed by atoms with Crippen molar-refractivity contribution >= 4 is 11.6 Å². The standard InChI is InChI=1S/C16H28N4/c1-4-6-10-20(11-7-5-2)15-12-14(17-3)18-16(19-15)13-8-9-13/h12-13H,4-11H2,1-3H3,(H,17,18,19). The molecule has 4 nitrogen and oxygen atoms in total. The molecule has 1 aromatic rings. The number of rotatable bonds is 9. The molecule has 0 saturated heterocycles. The fraction of sp³-hybridized carbons (Fsp3) is 0.750. The van der Waals surface area contributed by atoms with E-state index in [0.717, 1.165) is 30.5 Å². The Morgan fingerprint density at radius 1 is 1.15 bits per heavy atom. The maximum atomic E-state index is 4.82. The Morgan fingerprint density at radius 3 is 2.30 bits per heavy atom. The van der Waals surface area contributed by atoms with Gasteiger partial charge in [0.05, 0.1) is 0 Å². The number of aromatic nitrogens is 2. The summed E-state index contributed by atoms with van der Waals surface area (Å²) in [6.07, 6.45) is 7.39. The third kappa shape index (κ3) is 4.09. The summed E-state index contributed by atoms with van der Waals surface area (Å²) in [7, 11) is 1.94. The average molecular weight is 276 g/mol. The first-order chi connectivity index (χ1) is 9.78. The second kappa shape index (κ2) is 7.46. The van der Waals surface area contributed by atoms with Gasteiger partial charge in [-0.2, -0.15) is 0 Å². The van der Waals surface area contributed by atoms with Crippen molar-refractivity contribution in [3.05, 3.63) is 11.9 Å². The highest BCUT2D eigenvalue weighted by atomic mass is 15.2. The first-order valence-corrected chi connectivity index (χ1v) is 8.10. The van der Waals surface area contributed by atoms with Gasteiger partial charge in [-0.05, 0) is 25.7 Å². The van der Waals surface area contributed by atoms with Gasteiger partial charge in [-0.25, -0.2) is 9.97 Å². The Hall–Kier alpha value is -1.32. The largest absolute Gasteiger partial charge is 0.373 e. The van der Waals surface area contributed by atoms with Crippen LogP contribution in [0.15, 0.2) is 6.07 Å². The highest BCUT2D eigenvalue weighted by molar-refractivity contribution is 5.49. The van der Waals surface area contributed by atoms with Crippen molar-refractivity contribution in [2.45, 2.75) is 58.3 Å². The van der Waals surface area contributed by atoms with Crippen LogP contribution in [-0.4, -0.2) is 30.1 Å². The summed E-state index contributed by atoms with van der Waals surface area (Å²) in [6, 6.07) is 2.09. The summed E-state index contributed by atoms with van der Waals surface area (Å²) < 4.78 is 0. The summed E-state index contributed by atoms with van der Waals surface area (Å²) in [4.78, 5) is 11.9. The molecule has 0 aliphatic heterocycles. The zero-order valence-corrected chi connectivity index (χ0v) is 13.2. The third-order valence-electron chi connectivity index (χ3n) is 3.82. The van der Waals surface area contributed by atoms with E-state index >= 15 is 0 Å².